The van der Waals surface area contributed by atoms with Crippen LogP contribution in [0.5, 0.6) is 0 Å². The monoisotopic (exact) mass is 239 g/mol. The van der Waals surface area contributed by atoms with Gasteiger partial charge >= 0.3 is 0 Å². The van der Waals surface area contributed by atoms with Crippen molar-refractivity contribution in [3.63, 3.8) is 0 Å². The van der Waals surface area contributed by atoms with Crippen molar-refractivity contribution in [1.29, 1.82) is 0 Å². The minimum atomic E-state index is -0.355. The highest BCUT2D eigenvalue weighted by Crippen LogP contribution is 2.27. The molecule has 1 heterocycles. The number of unbranched alkanes of at least 4 members (excludes halogenated alkanes) is 3. The molecule has 98 valence electrons. The molecule has 0 saturated carbocycles. The lowest BCUT2D eigenvalue weighted by molar-refractivity contribution is -0.135. The van der Waals surface area contributed by atoms with Crippen molar-refractivity contribution >= 4 is 11.7 Å². The Morgan fingerprint density at radius 1 is 1.18 bits per heavy atom. The molecule has 1 unspecified atom stereocenters. The molecule has 0 bridgehead atoms. The van der Waals surface area contributed by atoms with Gasteiger partial charge < -0.3 is 4.90 Å². The Bertz CT molecular complexity index is 291. The van der Waals surface area contributed by atoms with Crippen LogP contribution >= 0.6 is 0 Å². The summed E-state index contributed by atoms with van der Waals surface area (Å²) in [4.78, 5) is 25.7. The van der Waals surface area contributed by atoms with Crippen LogP contribution in [0.3, 0.4) is 0 Å². The molecule has 1 rings (SSSR count). The van der Waals surface area contributed by atoms with Gasteiger partial charge in [-0.05, 0) is 27.2 Å². The molecule has 0 aliphatic carbocycles. The Morgan fingerprint density at radius 2 is 1.82 bits per heavy atom. The first-order valence-electron chi connectivity index (χ1n) is 6.72. The van der Waals surface area contributed by atoms with Gasteiger partial charge in [-0.3, -0.25) is 9.59 Å². The largest absolute Gasteiger partial charge is 0.330 e. The fourth-order valence-electron chi connectivity index (χ4n) is 2.30. The van der Waals surface area contributed by atoms with E-state index < -0.39 is 0 Å². The number of Topliss-reactive ketones (excluding diaryl/α,β-unsaturated/α-hetero) is 1. The molecule has 1 amide bonds. The highest BCUT2D eigenvalue weighted by Gasteiger charge is 2.42. The van der Waals surface area contributed by atoms with Crippen LogP contribution in [-0.4, -0.2) is 28.7 Å². The number of hydrogen-bond acceptors (Lipinski definition) is 2. The highest BCUT2D eigenvalue weighted by molar-refractivity contribution is 6.08. The molecule has 0 N–H and O–H groups in total. The van der Waals surface area contributed by atoms with E-state index in [1.54, 1.807) is 4.90 Å². The Balaban J connectivity index is 2.51. The van der Waals surface area contributed by atoms with Gasteiger partial charge in [0, 0.05) is 5.54 Å². The van der Waals surface area contributed by atoms with Crippen molar-refractivity contribution in [3.8, 4) is 0 Å². The molecule has 3 nitrogen and oxygen atoms in total. The van der Waals surface area contributed by atoms with Crippen LogP contribution in [0.2, 0.25) is 0 Å². The van der Waals surface area contributed by atoms with Crippen molar-refractivity contribution < 1.29 is 9.59 Å². The summed E-state index contributed by atoms with van der Waals surface area (Å²) in [5, 5.41) is 0. The van der Waals surface area contributed by atoms with Crippen molar-refractivity contribution in [2.24, 2.45) is 5.92 Å². The maximum atomic E-state index is 12.1. The zero-order valence-electron chi connectivity index (χ0n) is 11.6. The van der Waals surface area contributed by atoms with Gasteiger partial charge in [-0.1, -0.05) is 32.6 Å². The standard InChI is InChI=1S/C14H25NO2/c1-5-6-7-8-9-11-12(16)10-15(13(11)17)14(2,3)4/h11H,5-10H2,1-4H3. The van der Waals surface area contributed by atoms with Crippen LogP contribution in [0.1, 0.15) is 59.8 Å². The third-order valence-corrected chi connectivity index (χ3v) is 3.42. The lowest BCUT2D eigenvalue weighted by atomic mass is 9.98. The predicted octanol–water partition coefficient (Wildman–Crippen LogP) is 2.78. The first kappa shape index (κ1) is 14.2. The van der Waals surface area contributed by atoms with E-state index in [-0.39, 0.29) is 23.1 Å². The quantitative estimate of drug-likeness (QED) is 0.546. The molecule has 1 saturated heterocycles. The number of hydrogen-bond donors (Lipinski definition) is 0. The van der Waals surface area contributed by atoms with Gasteiger partial charge in [0.1, 0.15) is 0 Å². The zero-order chi connectivity index (χ0) is 13.1. The fourth-order valence-corrected chi connectivity index (χ4v) is 2.30. The average molecular weight is 239 g/mol. The summed E-state index contributed by atoms with van der Waals surface area (Å²) >= 11 is 0. The molecule has 1 aliphatic rings. The Hall–Kier alpha value is -0.860. The molecule has 1 fully saturated rings. The molecule has 0 aromatic heterocycles. The lowest BCUT2D eigenvalue weighted by Crippen LogP contribution is -2.43. The second-order valence-electron chi connectivity index (χ2n) is 5.96. The van der Waals surface area contributed by atoms with E-state index in [9.17, 15) is 9.59 Å². The van der Waals surface area contributed by atoms with Gasteiger partial charge in [-0.25, -0.2) is 0 Å². The van der Waals surface area contributed by atoms with Crippen LogP contribution in [0.4, 0.5) is 0 Å². The molecule has 0 aromatic rings. The predicted molar refractivity (Wildman–Crippen MR) is 68.7 cm³/mol. The first-order valence-corrected chi connectivity index (χ1v) is 6.72. The molecule has 0 aromatic carbocycles. The average Bonchev–Trinajstić information content (AvgIpc) is 2.50. The van der Waals surface area contributed by atoms with Crippen LogP contribution < -0.4 is 0 Å². The van der Waals surface area contributed by atoms with Crippen LogP contribution in [0.15, 0.2) is 0 Å². The topological polar surface area (TPSA) is 37.4 Å². The van der Waals surface area contributed by atoms with Crippen molar-refractivity contribution in [2.75, 3.05) is 6.54 Å². The summed E-state index contributed by atoms with van der Waals surface area (Å²) in [6, 6.07) is 0. The summed E-state index contributed by atoms with van der Waals surface area (Å²) in [5.41, 5.74) is -0.231. The van der Waals surface area contributed by atoms with Gasteiger partial charge in [0.15, 0.2) is 5.78 Å². The van der Waals surface area contributed by atoms with Crippen molar-refractivity contribution in [2.45, 2.75) is 65.3 Å². The third-order valence-electron chi connectivity index (χ3n) is 3.42. The molecule has 3 heteroatoms. The van der Waals surface area contributed by atoms with Gasteiger partial charge in [0.25, 0.3) is 0 Å². The van der Waals surface area contributed by atoms with E-state index >= 15 is 0 Å². The van der Waals surface area contributed by atoms with Gasteiger partial charge in [0.05, 0.1) is 12.5 Å². The Morgan fingerprint density at radius 3 is 2.29 bits per heavy atom. The third kappa shape index (κ3) is 3.55. The highest BCUT2D eigenvalue weighted by atomic mass is 16.2. The van der Waals surface area contributed by atoms with E-state index in [1.807, 2.05) is 20.8 Å². The van der Waals surface area contributed by atoms with Crippen LogP contribution in [0.25, 0.3) is 0 Å². The van der Waals surface area contributed by atoms with Crippen LogP contribution in [-0.2, 0) is 9.59 Å². The number of nitrogens with zero attached hydrogens (tertiary/aromatic N) is 1. The van der Waals surface area contributed by atoms with E-state index in [0.717, 1.165) is 19.3 Å². The van der Waals surface area contributed by atoms with Gasteiger partial charge in [-0.15, -0.1) is 0 Å². The van der Waals surface area contributed by atoms with Gasteiger partial charge in [0.2, 0.25) is 5.91 Å². The van der Waals surface area contributed by atoms with Crippen LogP contribution in [0, 0.1) is 5.92 Å². The van der Waals surface area contributed by atoms with E-state index in [0.29, 0.717) is 6.54 Å². The van der Waals surface area contributed by atoms with Gasteiger partial charge in [-0.2, -0.15) is 0 Å². The maximum Gasteiger partial charge on any atom is 0.234 e. The lowest BCUT2D eigenvalue weighted by Gasteiger charge is -2.31. The van der Waals surface area contributed by atoms with E-state index in [1.165, 1.54) is 12.8 Å². The fraction of sp³-hybridized carbons (Fsp3) is 0.857. The number of amides is 1. The first-order chi connectivity index (χ1) is 7.88. The number of ketones is 1. The Kier molecular flexibility index (Phi) is 4.72. The molecular formula is C14H25NO2. The second-order valence-corrected chi connectivity index (χ2v) is 5.96. The minimum absolute atomic E-state index is 0.0407. The number of carbonyl (C=O) groups excluding carboxylic acids is 2. The van der Waals surface area contributed by atoms with Crippen molar-refractivity contribution in [3.05, 3.63) is 0 Å². The molecular weight excluding hydrogens is 214 g/mol. The van der Waals surface area contributed by atoms with Crippen molar-refractivity contribution in [1.82, 2.24) is 4.90 Å². The second kappa shape index (κ2) is 5.65. The summed E-state index contributed by atoms with van der Waals surface area (Å²) < 4.78 is 0. The Labute approximate surface area is 105 Å². The summed E-state index contributed by atoms with van der Waals surface area (Å²) in [7, 11) is 0. The van der Waals surface area contributed by atoms with E-state index in [4.69, 9.17) is 0 Å². The number of likely N-dealkylation sites (tertiary alicyclic amines) is 1. The van der Waals surface area contributed by atoms with E-state index in [2.05, 4.69) is 6.92 Å². The zero-order valence-corrected chi connectivity index (χ0v) is 11.6. The molecule has 1 aliphatic heterocycles. The smallest absolute Gasteiger partial charge is 0.234 e. The maximum absolute atomic E-state index is 12.1. The number of carbonyl (C=O) groups is 2. The molecule has 0 spiro atoms. The SMILES string of the molecule is CCCCCCC1C(=O)CN(C(C)(C)C)C1=O. The normalized spacial score (nSPS) is 21.4. The summed E-state index contributed by atoms with van der Waals surface area (Å²) in [6.07, 6.45) is 5.24. The summed E-state index contributed by atoms with van der Waals surface area (Å²) in [6.45, 7) is 8.42. The number of rotatable bonds is 5. The molecule has 1 atom stereocenters. The molecule has 0 radical (unpaired) electrons. The minimum Gasteiger partial charge on any atom is -0.330 e. The summed E-state index contributed by atoms with van der Waals surface area (Å²) in [5.74, 6) is -0.202. The molecule has 17 heavy (non-hydrogen) atoms.